The molecular weight excluding hydrogens is 326 g/mol. The van der Waals surface area contributed by atoms with E-state index in [-0.39, 0.29) is 12.6 Å². The molecule has 3 heterocycles. The first kappa shape index (κ1) is 16.4. The average Bonchev–Trinajstić information content (AvgIpc) is 3.11. The number of fused-ring (bicyclic) bond motifs is 1. The Balaban J connectivity index is 1.75. The first-order chi connectivity index (χ1) is 12.6. The number of hydrogen-bond donors (Lipinski definition) is 2. The van der Waals surface area contributed by atoms with Gasteiger partial charge < -0.3 is 10.8 Å². The third-order valence-electron chi connectivity index (χ3n) is 4.23. The summed E-state index contributed by atoms with van der Waals surface area (Å²) in [6.07, 6.45) is 1.93. The summed E-state index contributed by atoms with van der Waals surface area (Å²) in [5, 5.41) is 14.9. The second-order valence-corrected chi connectivity index (χ2v) is 6.23. The van der Waals surface area contributed by atoms with Crippen molar-refractivity contribution in [3.8, 4) is 17.1 Å². The van der Waals surface area contributed by atoms with Gasteiger partial charge in [0.25, 0.3) is 0 Å². The van der Waals surface area contributed by atoms with E-state index in [1.54, 1.807) is 10.7 Å². The van der Waals surface area contributed by atoms with Gasteiger partial charge in [-0.3, -0.25) is 4.98 Å². The summed E-state index contributed by atoms with van der Waals surface area (Å²) in [5.74, 6) is 0.673. The summed E-state index contributed by atoms with van der Waals surface area (Å²) in [7, 11) is 0. The van der Waals surface area contributed by atoms with E-state index in [0.717, 1.165) is 27.9 Å². The Bertz CT molecular complexity index is 1070. The molecule has 6 heteroatoms. The van der Waals surface area contributed by atoms with E-state index >= 15 is 0 Å². The summed E-state index contributed by atoms with van der Waals surface area (Å²) in [6.45, 7) is 1.82. The first-order valence-electron chi connectivity index (χ1n) is 8.43. The summed E-state index contributed by atoms with van der Waals surface area (Å²) in [4.78, 5) is 9.03. The van der Waals surface area contributed by atoms with Crippen LogP contribution in [0.5, 0.6) is 0 Å². The topological polar surface area (TPSA) is 89.8 Å². The SMILES string of the molecule is C[C@@H](N)c1cccc(-c2ccc3cn(-c4cccc(CO)n4)nc3c2)n1. The lowest BCUT2D eigenvalue weighted by Gasteiger charge is -2.07. The molecule has 0 radical (unpaired) electrons. The molecule has 26 heavy (non-hydrogen) atoms. The second kappa shape index (κ2) is 6.67. The zero-order valence-corrected chi connectivity index (χ0v) is 14.4. The maximum Gasteiger partial charge on any atom is 0.153 e. The first-order valence-corrected chi connectivity index (χ1v) is 8.43. The maximum absolute atomic E-state index is 9.26. The molecule has 0 amide bonds. The summed E-state index contributed by atoms with van der Waals surface area (Å²) in [5.41, 5.74) is 10.1. The van der Waals surface area contributed by atoms with Crippen molar-refractivity contribution in [1.82, 2.24) is 19.7 Å². The van der Waals surface area contributed by atoms with Crippen molar-refractivity contribution in [3.63, 3.8) is 0 Å². The van der Waals surface area contributed by atoms with Gasteiger partial charge in [-0.1, -0.05) is 24.3 Å². The van der Waals surface area contributed by atoms with E-state index in [1.165, 1.54) is 0 Å². The molecule has 1 atom stereocenters. The van der Waals surface area contributed by atoms with Crippen molar-refractivity contribution in [1.29, 1.82) is 0 Å². The van der Waals surface area contributed by atoms with Crippen LogP contribution < -0.4 is 5.73 Å². The fraction of sp³-hybridized carbons (Fsp3) is 0.150. The van der Waals surface area contributed by atoms with Crippen LogP contribution in [0.25, 0.3) is 28.0 Å². The van der Waals surface area contributed by atoms with Gasteiger partial charge in [0.15, 0.2) is 5.82 Å². The number of benzene rings is 1. The smallest absolute Gasteiger partial charge is 0.153 e. The minimum Gasteiger partial charge on any atom is -0.390 e. The van der Waals surface area contributed by atoms with Crippen LogP contribution in [0, 0.1) is 0 Å². The van der Waals surface area contributed by atoms with Crippen molar-refractivity contribution in [3.05, 3.63) is 72.2 Å². The quantitative estimate of drug-likeness (QED) is 0.593. The van der Waals surface area contributed by atoms with Gasteiger partial charge in [-0.15, -0.1) is 0 Å². The minimum absolute atomic E-state index is 0.0969. The summed E-state index contributed by atoms with van der Waals surface area (Å²) in [6, 6.07) is 17.3. The Morgan fingerprint density at radius 1 is 1.08 bits per heavy atom. The molecule has 130 valence electrons. The van der Waals surface area contributed by atoms with Gasteiger partial charge in [0.05, 0.1) is 29.2 Å². The fourth-order valence-electron chi connectivity index (χ4n) is 2.84. The van der Waals surface area contributed by atoms with Crippen LogP contribution in [0.1, 0.15) is 24.4 Å². The standard InChI is InChI=1S/C20H19N5O/c1-13(21)17-5-3-6-18(23-17)14-8-9-15-11-25(24-19(15)10-14)20-7-2-4-16(12-26)22-20/h2-11,13,26H,12,21H2,1H3/t13-/m1/s1. The van der Waals surface area contributed by atoms with Gasteiger partial charge in [0.1, 0.15) is 0 Å². The van der Waals surface area contributed by atoms with Gasteiger partial charge in [-0.05, 0) is 37.3 Å². The molecule has 4 aromatic rings. The zero-order valence-electron chi connectivity index (χ0n) is 14.4. The largest absolute Gasteiger partial charge is 0.390 e. The van der Waals surface area contributed by atoms with Crippen LogP contribution in [-0.4, -0.2) is 24.9 Å². The average molecular weight is 345 g/mol. The Morgan fingerprint density at radius 2 is 1.92 bits per heavy atom. The molecule has 6 nitrogen and oxygen atoms in total. The highest BCUT2D eigenvalue weighted by Crippen LogP contribution is 2.24. The van der Waals surface area contributed by atoms with Gasteiger partial charge in [-0.2, -0.15) is 5.10 Å². The van der Waals surface area contributed by atoms with Crippen molar-refractivity contribution in [2.24, 2.45) is 5.73 Å². The van der Waals surface area contributed by atoms with Gasteiger partial charge in [0.2, 0.25) is 0 Å². The molecule has 0 saturated heterocycles. The lowest BCUT2D eigenvalue weighted by molar-refractivity contribution is 0.276. The number of pyridine rings is 2. The number of aliphatic hydroxyl groups is 1. The molecule has 0 aliphatic heterocycles. The van der Waals surface area contributed by atoms with E-state index in [4.69, 9.17) is 5.73 Å². The molecular formula is C20H19N5O. The Morgan fingerprint density at radius 3 is 2.73 bits per heavy atom. The van der Waals surface area contributed by atoms with Crippen LogP contribution in [0.15, 0.2) is 60.8 Å². The summed E-state index contributed by atoms with van der Waals surface area (Å²) < 4.78 is 1.72. The number of hydrogen-bond acceptors (Lipinski definition) is 5. The van der Waals surface area contributed by atoms with Gasteiger partial charge in [-0.25, -0.2) is 9.67 Å². The van der Waals surface area contributed by atoms with Crippen molar-refractivity contribution in [2.45, 2.75) is 19.6 Å². The van der Waals surface area contributed by atoms with E-state index in [0.29, 0.717) is 11.5 Å². The number of aromatic nitrogens is 4. The van der Waals surface area contributed by atoms with Gasteiger partial charge >= 0.3 is 0 Å². The highest BCUT2D eigenvalue weighted by Gasteiger charge is 2.09. The van der Waals surface area contributed by atoms with E-state index in [2.05, 4.69) is 15.1 Å². The lowest BCUT2D eigenvalue weighted by atomic mass is 10.1. The van der Waals surface area contributed by atoms with Crippen LogP contribution in [0.4, 0.5) is 0 Å². The maximum atomic E-state index is 9.26. The number of nitrogens with zero attached hydrogens (tertiary/aromatic N) is 4. The Labute approximate surface area is 151 Å². The molecule has 0 spiro atoms. The number of nitrogens with two attached hydrogens (primary N) is 1. The predicted molar refractivity (Wildman–Crippen MR) is 101 cm³/mol. The second-order valence-electron chi connectivity index (χ2n) is 6.23. The Hall–Kier alpha value is -3.09. The third kappa shape index (κ3) is 3.08. The number of rotatable bonds is 4. The monoisotopic (exact) mass is 345 g/mol. The molecule has 0 aliphatic carbocycles. The van der Waals surface area contributed by atoms with Crippen molar-refractivity contribution in [2.75, 3.05) is 0 Å². The molecule has 0 bridgehead atoms. The molecule has 0 unspecified atom stereocenters. The molecule has 0 saturated carbocycles. The zero-order chi connectivity index (χ0) is 18.1. The predicted octanol–water partition coefficient (Wildman–Crippen LogP) is 2.99. The molecule has 1 aromatic carbocycles. The van der Waals surface area contributed by atoms with E-state index in [1.807, 2.05) is 61.7 Å². The number of aliphatic hydroxyl groups excluding tert-OH is 1. The van der Waals surface area contributed by atoms with Crippen LogP contribution in [0.2, 0.25) is 0 Å². The van der Waals surface area contributed by atoms with Gasteiger partial charge in [0, 0.05) is 23.2 Å². The third-order valence-corrected chi connectivity index (χ3v) is 4.23. The minimum atomic E-state index is -0.109. The highest BCUT2D eigenvalue weighted by atomic mass is 16.3. The molecule has 0 fully saturated rings. The lowest BCUT2D eigenvalue weighted by Crippen LogP contribution is -2.07. The van der Waals surface area contributed by atoms with Crippen LogP contribution in [0.3, 0.4) is 0 Å². The van der Waals surface area contributed by atoms with Crippen LogP contribution in [-0.2, 0) is 6.61 Å². The fourth-order valence-corrected chi connectivity index (χ4v) is 2.84. The summed E-state index contributed by atoms with van der Waals surface area (Å²) >= 11 is 0. The highest BCUT2D eigenvalue weighted by molar-refractivity contribution is 5.83. The normalized spacial score (nSPS) is 12.4. The van der Waals surface area contributed by atoms with E-state index in [9.17, 15) is 5.11 Å². The molecule has 3 N–H and O–H groups in total. The van der Waals surface area contributed by atoms with E-state index < -0.39 is 0 Å². The molecule has 4 rings (SSSR count). The molecule has 0 aliphatic rings. The van der Waals surface area contributed by atoms with Crippen LogP contribution >= 0.6 is 0 Å². The molecule has 3 aromatic heterocycles. The Kier molecular flexibility index (Phi) is 4.20. The van der Waals surface area contributed by atoms with Crippen molar-refractivity contribution < 1.29 is 5.11 Å². The van der Waals surface area contributed by atoms with Crippen molar-refractivity contribution >= 4 is 10.9 Å².